The van der Waals surface area contributed by atoms with Crippen LogP contribution in [0.15, 0.2) is 0 Å². The van der Waals surface area contributed by atoms with Crippen LogP contribution >= 0.6 is 0 Å². The lowest BCUT2D eigenvalue weighted by atomic mass is 9.98. The van der Waals surface area contributed by atoms with Crippen molar-refractivity contribution in [2.24, 2.45) is 0 Å². The molecule has 5 rings (SSSR count). The van der Waals surface area contributed by atoms with Gasteiger partial charge in [0, 0.05) is 69.9 Å². The average molecular weight is 829 g/mol. The lowest BCUT2D eigenvalue weighted by Crippen LogP contribution is -2.15. The van der Waals surface area contributed by atoms with Crippen molar-refractivity contribution < 1.29 is 57.2 Å². The maximum atomic E-state index is 13.0. The Hall–Kier alpha value is -6.58. The van der Waals surface area contributed by atoms with Gasteiger partial charge in [-0.15, -0.1) is 0 Å². The average Bonchev–Trinajstić information content (AvgIpc) is 3.92. The number of fused-ring (bicyclic) bond motifs is 8. The van der Waals surface area contributed by atoms with E-state index in [2.05, 4.69) is 19.9 Å². The highest BCUT2D eigenvalue weighted by atomic mass is 16.5. The number of methoxy groups -OCH3 is 6. The normalized spacial score (nSPS) is 11.6. The number of nitrogens with one attached hydrogen (secondary N) is 4. The van der Waals surface area contributed by atoms with Gasteiger partial charge in [0.1, 0.15) is 0 Å². The first-order valence-electron chi connectivity index (χ1n) is 19.5. The van der Waals surface area contributed by atoms with Gasteiger partial charge in [-0.25, -0.2) is 0 Å². The second kappa shape index (κ2) is 19.9. The predicted molar refractivity (Wildman–Crippen MR) is 218 cm³/mol. The molecule has 0 radical (unpaired) electrons. The quantitative estimate of drug-likeness (QED) is 0.0812. The van der Waals surface area contributed by atoms with Gasteiger partial charge in [-0.1, -0.05) is 0 Å². The number of hydrogen-bond donors (Lipinski definition) is 4. The van der Waals surface area contributed by atoms with E-state index in [0.717, 1.165) is 22.3 Å². The first-order chi connectivity index (χ1) is 28.7. The molecule has 4 aromatic heterocycles. The van der Waals surface area contributed by atoms with Gasteiger partial charge in [0.2, 0.25) is 0 Å². The molecule has 0 saturated carbocycles. The van der Waals surface area contributed by atoms with Crippen LogP contribution in [0.4, 0.5) is 0 Å². The van der Waals surface area contributed by atoms with Crippen LogP contribution in [-0.4, -0.2) is 98.4 Å². The number of H-pyrrole nitrogens is 4. The lowest BCUT2D eigenvalue weighted by molar-refractivity contribution is -0.141. The van der Waals surface area contributed by atoms with E-state index < -0.39 is 35.8 Å². The minimum atomic E-state index is -0.495. The second-order valence-corrected chi connectivity index (χ2v) is 14.3. The van der Waals surface area contributed by atoms with Crippen molar-refractivity contribution in [3.8, 4) is 0 Å². The van der Waals surface area contributed by atoms with Crippen molar-refractivity contribution in [1.82, 2.24) is 19.9 Å². The fourth-order valence-corrected chi connectivity index (χ4v) is 7.57. The summed E-state index contributed by atoms with van der Waals surface area (Å²) in [5, 5.41) is 2.61. The molecule has 1 aliphatic rings. The van der Waals surface area contributed by atoms with Crippen molar-refractivity contribution in [3.05, 3.63) is 88.7 Å². The van der Waals surface area contributed by atoms with Crippen LogP contribution in [0.2, 0.25) is 0 Å². The third kappa shape index (κ3) is 10.2. The molecule has 320 valence electrons. The van der Waals surface area contributed by atoms with Crippen molar-refractivity contribution in [1.29, 1.82) is 0 Å². The Bertz CT molecular complexity index is 2390. The summed E-state index contributed by atoms with van der Waals surface area (Å²) in [6.45, 7) is 3.84. The molecule has 5 heterocycles. The second-order valence-electron chi connectivity index (χ2n) is 14.3. The number of aromatic amines is 4. The Kier molecular flexibility index (Phi) is 14.8. The number of esters is 6. The Morgan fingerprint density at radius 1 is 0.367 bits per heavy atom. The Morgan fingerprint density at radius 2 is 0.633 bits per heavy atom. The molecular formula is C44H52N4O12. The van der Waals surface area contributed by atoms with Gasteiger partial charge in [-0.2, -0.15) is 0 Å². The highest BCUT2D eigenvalue weighted by Gasteiger charge is 2.24. The number of carbonyl (C=O) groups excluding carboxylic acids is 6. The molecule has 8 bridgehead atoms. The maximum Gasteiger partial charge on any atom is 0.310 e. The Morgan fingerprint density at radius 3 is 0.933 bits per heavy atom. The lowest BCUT2D eigenvalue weighted by Gasteiger charge is -2.06. The Labute approximate surface area is 346 Å². The van der Waals surface area contributed by atoms with E-state index >= 15 is 0 Å². The molecule has 0 spiro atoms. The summed E-state index contributed by atoms with van der Waals surface area (Å²) in [7, 11) is 7.90. The molecule has 0 fully saturated rings. The summed E-state index contributed by atoms with van der Waals surface area (Å²) in [4.78, 5) is 90.1. The molecule has 0 aliphatic carbocycles. The van der Waals surface area contributed by atoms with Gasteiger partial charge in [0.05, 0.1) is 55.5 Å². The molecule has 4 aromatic rings. The van der Waals surface area contributed by atoms with E-state index in [0.29, 0.717) is 79.3 Å². The van der Waals surface area contributed by atoms with Crippen molar-refractivity contribution in [2.45, 2.75) is 78.1 Å². The van der Waals surface area contributed by atoms with Crippen LogP contribution in [0, 0.1) is 13.8 Å². The van der Waals surface area contributed by atoms with Crippen LogP contribution in [0.5, 0.6) is 0 Å². The van der Waals surface area contributed by atoms with Gasteiger partial charge in [0.25, 0.3) is 0 Å². The van der Waals surface area contributed by atoms with E-state index in [1.54, 1.807) is 0 Å². The summed E-state index contributed by atoms with van der Waals surface area (Å²) >= 11 is 0. The van der Waals surface area contributed by atoms with Crippen LogP contribution in [0.1, 0.15) is 93.0 Å². The monoisotopic (exact) mass is 828 g/mol. The summed E-state index contributed by atoms with van der Waals surface area (Å²) in [6, 6.07) is 0. The highest BCUT2D eigenvalue weighted by Crippen LogP contribution is 2.26. The van der Waals surface area contributed by atoms with E-state index in [9.17, 15) is 28.8 Å². The van der Waals surface area contributed by atoms with Gasteiger partial charge >= 0.3 is 35.8 Å². The molecule has 60 heavy (non-hydrogen) atoms. The summed E-state index contributed by atoms with van der Waals surface area (Å²) in [5.41, 5.74) is 8.17. The van der Waals surface area contributed by atoms with E-state index in [-0.39, 0.29) is 51.4 Å². The zero-order chi connectivity index (χ0) is 43.7. The summed E-state index contributed by atoms with van der Waals surface area (Å²) in [5.74, 6) is -2.65. The van der Waals surface area contributed by atoms with Crippen LogP contribution in [0.3, 0.4) is 0 Å². The van der Waals surface area contributed by atoms with Crippen molar-refractivity contribution >= 4 is 60.1 Å². The van der Waals surface area contributed by atoms with Gasteiger partial charge < -0.3 is 48.4 Å². The standard InChI is InChI=1S/C44H52N4O12/c1-23-25(9-13-39(49)55-3)33-21-37-30(18-44(54)60-8)28(12-16-42(52)58-6)36(48-37)20-32-24(2)26(10-14-40(50)56-4)34(46-32)22-38-29(17-43(53)59-7)27(11-15-41(51)57-5)35(47-38)19-31(23)45-33/h19-22,45-48H,9-18H2,1-8H3. The van der Waals surface area contributed by atoms with Crippen molar-refractivity contribution in [2.75, 3.05) is 42.7 Å². The van der Waals surface area contributed by atoms with Crippen LogP contribution in [0.25, 0.3) is 24.3 Å². The topological polar surface area (TPSA) is 221 Å². The fraction of sp³-hybridized carbons (Fsp3) is 0.409. The fourth-order valence-electron chi connectivity index (χ4n) is 7.57. The van der Waals surface area contributed by atoms with Crippen molar-refractivity contribution in [3.63, 3.8) is 0 Å². The molecular weight excluding hydrogens is 776 g/mol. The number of ether oxygens (including phenoxy) is 6. The van der Waals surface area contributed by atoms with Crippen LogP contribution in [-0.2, 0) is 95.7 Å². The van der Waals surface area contributed by atoms with Gasteiger partial charge in [-0.05, 0) is 108 Å². The number of carbonyl (C=O) groups is 6. The summed E-state index contributed by atoms with van der Waals surface area (Å²) in [6.07, 6.45) is 8.53. The first-order valence-corrected chi connectivity index (χ1v) is 19.5. The number of aromatic nitrogens is 4. The SMILES string of the molecule is COC(=O)CCc1c2[nH]c(c1CC(=O)OC)C=c1[nH]c(c(C)c1CCC(=O)OC)=Cc1[nH]c(c(CC(=O)OC)c1CCC(=O)OC)C=c1[nH]c(c(C)c1CCC(=O)OC)=C2. The molecule has 16 heteroatoms. The van der Waals surface area contributed by atoms with Crippen LogP contribution < -0.4 is 21.4 Å². The number of hydrogen-bond acceptors (Lipinski definition) is 12. The minimum Gasteiger partial charge on any atom is -0.469 e. The molecule has 16 nitrogen and oxygen atoms in total. The zero-order valence-corrected chi connectivity index (χ0v) is 35.3. The van der Waals surface area contributed by atoms with Gasteiger partial charge in [0.15, 0.2) is 0 Å². The molecule has 0 aromatic carbocycles. The summed E-state index contributed by atoms with van der Waals surface area (Å²) < 4.78 is 30.2. The number of rotatable bonds is 16. The third-order valence-electron chi connectivity index (χ3n) is 10.9. The van der Waals surface area contributed by atoms with E-state index in [1.807, 2.05) is 38.2 Å². The largest absolute Gasteiger partial charge is 0.469 e. The minimum absolute atomic E-state index is 0.0250. The smallest absolute Gasteiger partial charge is 0.310 e. The Balaban J connectivity index is 1.97. The van der Waals surface area contributed by atoms with Gasteiger partial charge in [-0.3, -0.25) is 28.8 Å². The molecule has 0 amide bonds. The zero-order valence-electron chi connectivity index (χ0n) is 35.3. The molecule has 1 aliphatic heterocycles. The molecule has 4 N–H and O–H groups in total. The first kappa shape index (κ1) is 44.5. The third-order valence-corrected chi connectivity index (χ3v) is 10.9. The molecule has 0 saturated heterocycles. The predicted octanol–water partition coefficient (Wildman–Crippen LogP) is 1.10. The van der Waals surface area contributed by atoms with E-state index in [4.69, 9.17) is 28.4 Å². The molecule has 0 atom stereocenters. The van der Waals surface area contributed by atoms with E-state index in [1.165, 1.54) is 42.7 Å². The maximum absolute atomic E-state index is 13.0. The molecule has 0 unspecified atom stereocenters. The highest BCUT2D eigenvalue weighted by molar-refractivity contribution is 5.79.